The third kappa shape index (κ3) is 38.1. The molecule has 0 aliphatic carbocycles. The van der Waals surface area contributed by atoms with Crippen LogP contribution in [0.15, 0.2) is 158 Å². The number of unbranched alkanes of at least 4 members (excludes halogenated alkanes) is 13. The standard InChI is InChI=1S/C78H125NO18/c1-3-5-7-9-11-13-15-17-18-19-20-21-22-23-24-25-26-27-28-29-30-31-32-33-34-35-36-37-38-39-40-41-42-44-46-48-50-52-54-56-66(84)79-61(62(83)55-53-51-49-47-45-43-16-14-12-10-8-6-4-2)60-92-76-72(90)69(87)74(64(58-81)94-76)97-78-73(91)70(88)75(65(59-82)95-78)96-77-71(89)68(86)67(85)63(57-80)93-77/h5,7,11,13,17-18,20-21,23-24,26-27,29-30,32-33,35-36,38-39,41-42,45,47,53,55,61-65,67-78,80-83,85-91H,3-4,6,8-10,12,14-16,19,22,25,28,31,34,37,40,43-44,46,48-52,54,56-60H2,1-2H3,(H,79,84)/b7-5-,13-11-,18-17-,21-20-,24-23-,27-26-,30-29-,33-32-,36-35-,39-38-,42-41-,47-45+,55-53+. The van der Waals surface area contributed by atoms with Crippen molar-refractivity contribution in [3.63, 3.8) is 0 Å². The van der Waals surface area contributed by atoms with Crippen LogP contribution in [0, 0.1) is 0 Å². The molecule has 550 valence electrons. The fraction of sp³-hybridized carbons (Fsp3) is 0.654. The highest BCUT2D eigenvalue weighted by Gasteiger charge is 2.53. The molecule has 3 aliphatic rings. The lowest BCUT2D eigenvalue weighted by Crippen LogP contribution is -2.66. The van der Waals surface area contributed by atoms with E-state index in [2.05, 4.69) is 165 Å². The van der Waals surface area contributed by atoms with Gasteiger partial charge in [-0.05, 0) is 116 Å². The Morgan fingerprint density at radius 3 is 1.15 bits per heavy atom. The number of aliphatic hydroxyl groups is 11. The van der Waals surface area contributed by atoms with Crippen LogP contribution in [0.2, 0.25) is 0 Å². The molecule has 0 aromatic carbocycles. The molecule has 17 unspecified atom stereocenters. The summed E-state index contributed by atoms with van der Waals surface area (Å²) in [5.41, 5.74) is 0. The lowest BCUT2D eigenvalue weighted by Gasteiger charge is -2.48. The van der Waals surface area contributed by atoms with Gasteiger partial charge in [-0.3, -0.25) is 4.79 Å². The summed E-state index contributed by atoms with van der Waals surface area (Å²) in [5, 5.41) is 120. The second-order valence-corrected chi connectivity index (χ2v) is 25.0. The first-order valence-electron chi connectivity index (χ1n) is 36.2. The molecular formula is C78H125NO18. The van der Waals surface area contributed by atoms with Crippen LogP contribution in [-0.4, -0.2) is 193 Å². The minimum atomic E-state index is -1.99. The average Bonchev–Trinajstić information content (AvgIpc) is 0.809. The second-order valence-electron chi connectivity index (χ2n) is 25.0. The lowest BCUT2D eigenvalue weighted by molar-refractivity contribution is -0.379. The summed E-state index contributed by atoms with van der Waals surface area (Å²) in [5.74, 6) is -0.313. The summed E-state index contributed by atoms with van der Waals surface area (Å²) in [6, 6.07) is -1.01. The molecule has 1 amide bonds. The minimum absolute atomic E-state index is 0.202. The first kappa shape index (κ1) is 86.6. The van der Waals surface area contributed by atoms with E-state index in [1.165, 1.54) is 38.5 Å². The highest BCUT2D eigenvalue weighted by Crippen LogP contribution is 2.33. The number of allylic oxidation sites excluding steroid dienone is 25. The molecular weight excluding hydrogens is 1240 g/mol. The second kappa shape index (κ2) is 57.1. The van der Waals surface area contributed by atoms with E-state index in [4.69, 9.17) is 28.4 Å². The first-order chi connectivity index (χ1) is 47.3. The van der Waals surface area contributed by atoms with Crippen LogP contribution in [0.1, 0.15) is 194 Å². The molecule has 0 aromatic rings. The molecule has 3 saturated heterocycles. The van der Waals surface area contributed by atoms with Crippen LogP contribution in [0.25, 0.3) is 0 Å². The van der Waals surface area contributed by atoms with Gasteiger partial charge in [-0.1, -0.05) is 230 Å². The molecule has 3 fully saturated rings. The third-order valence-corrected chi connectivity index (χ3v) is 16.8. The molecule has 0 spiro atoms. The van der Waals surface area contributed by atoms with Crippen molar-refractivity contribution < 1.29 is 89.4 Å². The number of hydrogen-bond acceptors (Lipinski definition) is 18. The van der Waals surface area contributed by atoms with Gasteiger partial charge in [0.1, 0.15) is 73.2 Å². The summed E-state index contributed by atoms with van der Waals surface area (Å²) in [4.78, 5) is 13.4. The Labute approximate surface area is 580 Å². The van der Waals surface area contributed by atoms with E-state index in [0.717, 1.165) is 122 Å². The van der Waals surface area contributed by atoms with Crippen molar-refractivity contribution in [2.75, 3.05) is 26.4 Å². The van der Waals surface area contributed by atoms with Crippen molar-refractivity contribution in [1.29, 1.82) is 0 Å². The van der Waals surface area contributed by atoms with Gasteiger partial charge < -0.3 is 89.9 Å². The topological polar surface area (TPSA) is 307 Å². The SMILES string of the molecule is CC/C=C\C/C=C\C/C=C\C/C=C\C/C=C\C/C=C\C/C=C\C/C=C\C/C=C\C/C=C\C/C=C\CCCCCCCC(=O)NC(COC1OC(CO)C(OC2OC(CO)C(OC3OC(CO)C(O)C(O)C3O)C(O)C2O)C(O)C1O)C(O)/C=C/CC/C=C/CCCCCCCCC. The van der Waals surface area contributed by atoms with Crippen molar-refractivity contribution in [2.24, 2.45) is 0 Å². The van der Waals surface area contributed by atoms with E-state index >= 15 is 0 Å². The van der Waals surface area contributed by atoms with Gasteiger partial charge >= 0.3 is 0 Å². The largest absolute Gasteiger partial charge is 0.394 e. The maximum absolute atomic E-state index is 13.4. The Morgan fingerprint density at radius 1 is 0.381 bits per heavy atom. The van der Waals surface area contributed by atoms with E-state index < -0.39 is 124 Å². The quantitative estimate of drug-likeness (QED) is 0.0199. The smallest absolute Gasteiger partial charge is 0.220 e. The normalized spacial score (nSPS) is 27.9. The van der Waals surface area contributed by atoms with Crippen molar-refractivity contribution in [3.8, 4) is 0 Å². The fourth-order valence-corrected chi connectivity index (χ4v) is 11.0. The number of aliphatic hydroxyl groups excluding tert-OH is 11. The van der Waals surface area contributed by atoms with Crippen molar-refractivity contribution >= 4 is 5.91 Å². The summed E-state index contributed by atoms with van der Waals surface area (Å²) >= 11 is 0. The summed E-state index contributed by atoms with van der Waals surface area (Å²) in [7, 11) is 0. The Kier molecular flexibility index (Phi) is 51.0. The summed E-state index contributed by atoms with van der Waals surface area (Å²) < 4.78 is 34.3. The van der Waals surface area contributed by atoms with Gasteiger partial charge in [-0.2, -0.15) is 0 Å². The molecule has 3 rings (SSSR count). The van der Waals surface area contributed by atoms with Crippen molar-refractivity contribution in [2.45, 2.75) is 298 Å². The molecule has 97 heavy (non-hydrogen) atoms. The Balaban J connectivity index is 1.37. The molecule has 0 radical (unpaired) electrons. The van der Waals surface area contributed by atoms with Crippen LogP contribution in [0.4, 0.5) is 0 Å². The van der Waals surface area contributed by atoms with Crippen LogP contribution in [0.5, 0.6) is 0 Å². The van der Waals surface area contributed by atoms with Crippen molar-refractivity contribution in [1.82, 2.24) is 5.32 Å². The summed E-state index contributed by atoms with van der Waals surface area (Å²) in [6.07, 6.45) is 56.6. The highest BCUT2D eigenvalue weighted by molar-refractivity contribution is 5.76. The summed E-state index contributed by atoms with van der Waals surface area (Å²) in [6.45, 7) is 1.53. The predicted octanol–water partition coefficient (Wildman–Crippen LogP) is 10.5. The van der Waals surface area contributed by atoms with E-state index in [9.17, 15) is 61.0 Å². The van der Waals surface area contributed by atoms with Crippen LogP contribution < -0.4 is 5.32 Å². The van der Waals surface area contributed by atoms with E-state index in [1.807, 2.05) is 6.08 Å². The number of ether oxygens (including phenoxy) is 6. The molecule has 19 heteroatoms. The molecule has 0 saturated carbocycles. The first-order valence-corrected chi connectivity index (χ1v) is 36.2. The van der Waals surface area contributed by atoms with E-state index in [0.29, 0.717) is 12.8 Å². The minimum Gasteiger partial charge on any atom is -0.394 e. The average molecular weight is 1360 g/mol. The number of nitrogens with one attached hydrogen (secondary N) is 1. The Morgan fingerprint density at radius 2 is 0.722 bits per heavy atom. The number of amides is 1. The van der Waals surface area contributed by atoms with Crippen molar-refractivity contribution in [3.05, 3.63) is 158 Å². The zero-order valence-corrected chi connectivity index (χ0v) is 58.2. The van der Waals surface area contributed by atoms with Gasteiger partial charge in [0.25, 0.3) is 0 Å². The zero-order valence-electron chi connectivity index (χ0n) is 58.2. The molecule has 17 atom stereocenters. The molecule has 3 aliphatic heterocycles. The number of rotatable bonds is 53. The Bertz CT molecular complexity index is 2370. The molecule has 0 bridgehead atoms. The fourth-order valence-electron chi connectivity index (χ4n) is 11.0. The van der Waals surface area contributed by atoms with Crippen LogP contribution >= 0.6 is 0 Å². The van der Waals surface area contributed by atoms with Gasteiger partial charge in [-0.15, -0.1) is 0 Å². The van der Waals surface area contributed by atoms with Gasteiger partial charge in [0, 0.05) is 6.42 Å². The molecule has 0 aromatic heterocycles. The van der Waals surface area contributed by atoms with Gasteiger partial charge in [0.15, 0.2) is 18.9 Å². The van der Waals surface area contributed by atoms with Gasteiger partial charge in [0.05, 0.1) is 38.6 Å². The predicted molar refractivity (Wildman–Crippen MR) is 382 cm³/mol. The van der Waals surface area contributed by atoms with Crippen LogP contribution in [-0.2, 0) is 33.2 Å². The monoisotopic (exact) mass is 1360 g/mol. The van der Waals surface area contributed by atoms with Gasteiger partial charge in [-0.25, -0.2) is 0 Å². The molecule has 12 N–H and O–H groups in total. The highest BCUT2D eigenvalue weighted by atomic mass is 16.8. The number of hydrogen-bond donors (Lipinski definition) is 12. The van der Waals surface area contributed by atoms with Crippen LogP contribution in [0.3, 0.4) is 0 Å². The third-order valence-electron chi connectivity index (χ3n) is 16.8. The van der Waals surface area contributed by atoms with E-state index in [1.54, 1.807) is 6.08 Å². The van der Waals surface area contributed by atoms with Gasteiger partial charge in [0.2, 0.25) is 5.91 Å². The molecule has 3 heterocycles. The van der Waals surface area contributed by atoms with E-state index in [-0.39, 0.29) is 18.9 Å². The number of carbonyl (C=O) groups is 1. The lowest BCUT2D eigenvalue weighted by atomic mass is 9.96. The zero-order chi connectivity index (χ0) is 70.4. The number of carbonyl (C=O) groups excluding carboxylic acids is 1. The Hall–Kier alpha value is -4.59. The maximum atomic E-state index is 13.4. The molecule has 19 nitrogen and oxygen atoms in total. The maximum Gasteiger partial charge on any atom is 0.220 e.